The van der Waals surface area contributed by atoms with E-state index in [4.69, 9.17) is 0 Å². The number of aromatic nitrogens is 2. The van der Waals surface area contributed by atoms with Gasteiger partial charge in [0.1, 0.15) is 0 Å². The number of nitrogens with zero attached hydrogens (tertiary/aromatic N) is 3. The summed E-state index contributed by atoms with van der Waals surface area (Å²) in [7, 11) is -3.86. The number of hydrogen-bond donors (Lipinski definition) is 0. The maximum atomic E-state index is 12.9. The molecule has 0 radical (unpaired) electrons. The van der Waals surface area contributed by atoms with E-state index >= 15 is 0 Å². The van der Waals surface area contributed by atoms with Gasteiger partial charge in [0.15, 0.2) is 0 Å². The third kappa shape index (κ3) is 2.69. The van der Waals surface area contributed by atoms with Crippen molar-refractivity contribution in [3.8, 4) is 0 Å². The Kier molecular flexibility index (Phi) is 4.13. The van der Waals surface area contributed by atoms with Crippen molar-refractivity contribution < 1.29 is 13.2 Å². The Labute approximate surface area is 147 Å². The van der Waals surface area contributed by atoms with Gasteiger partial charge in [-0.1, -0.05) is 17.7 Å². The lowest BCUT2D eigenvalue weighted by Gasteiger charge is -2.07. The van der Waals surface area contributed by atoms with Crippen LogP contribution in [0.3, 0.4) is 0 Å². The predicted molar refractivity (Wildman–Crippen MR) is 93.7 cm³/mol. The third-order valence-electron chi connectivity index (χ3n) is 3.61. The minimum absolute atomic E-state index is 0.140. The van der Waals surface area contributed by atoms with E-state index in [1.54, 1.807) is 25.1 Å². The first-order valence-electron chi connectivity index (χ1n) is 6.93. The number of aliphatic imine (C=N–C) groups is 1. The molecule has 0 bridgehead atoms. The van der Waals surface area contributed by atoms with Crippen LogP contribution in [0.2, 0.25) is 0 Å². The molecule has 8 heteroatoms. The van der Waals surface area contributed by atoms with Crippen molar-refractivity contribution in [2.24, 2.45) is 4.99 Å². The Bertz CT molecular complexity index is 1100. The highest BCUT2D eigenvalue weighted by molar-refractivity contribution is 9.10. The van der Waals surface area contributed by atoms with Gasteiger partial charge in [-0.3, -0.25) is 0 Å². The van der Waals surface area contributed by atoms with Crippen LogP contribution in [-0.4, -0.2) is 23.7 Å². The topological polar surface area (TPSA) is 81.4 Å². The lowest BCUT2D eigenvalue weighted by atomic mass is 10.2. The van der Waals surface area contributed by atoms with E-state index in [0.29, 0.717) is 21.1 Å². The number of isocyanates is 1. The number of aryl methyl sites for hydroxylation is 2. The highest BCUT2D eigenvalue weighted by Crippen LogP contribution is 2.33. The van der Waals surface area contributed by atoms with Crippen LogP contribution >= 0.6 is 15.9 Å². The van der Waals surface area contributed by atoms with Crippen LogP contribution in [-0.2, 0) is 14.8 Å². The smallest absolute Gasteiger partial charge is 0.211 e. The van der Waals surface area contributed by atoms with E-state index < -0.39 is 10.0 Å². The Morgan fingerprint density at radius 2 is 1.83 bits per heavy atom. The van der Waals surface area contributed by atoms with Gasteiger partial charge in [0.25, 0.3) is 10.0 Å². The molecule has 3 rings (SSSR count). The fourth-order valence-electron chi connectivity index (χ4n) is 2.37. The molecule has 0 aliphatic carbocycles. The Morgan fingerprint density at radius 1 is 1.17 bits per heavy atom. The summed E-state index contributed by atoms with van der Waals surface area (Å²) >= 11 is 3.31. The van der Waals surface area contributed by atoms with E-state index in [2.05, 4.69) is 26.0 Å². The zero-order chi connectivity index (χ0) is 17.5. The largest absolute Gasteiger partial charge is 0.283 e. The molecule has 0 atom stereocenters. The second kappa shape index (κ2) is 5.98. The van der Waals surface area contributed by atoms with Crippen LogP contribution < -0.4 is 0 Å². The number of rotatable bonds is 3. The van der Waals surface area contributed by atoms with E-state index in [1.165, 1.54) is 24.3 Å². The van der Waals surface area contributed by atoms with Crippen molar-refractivity contribution in [2.45, 2.75) is 18.7 Å². The highest BCUT2D eigenvalue weighted by atomic mass is 79.9. The van der Waals surface area contributed by atoms with Gasteiger partial charge in [-0.25, -0.2) is 4.79 Å². The molecule has 122 valence electrons. The average molecular weight is 406 g/mol. The van der Waals surface area contributed by atoms with Crippen LogP contribution in [0.25, 0.3) is 10.9 Å². The zero-order valence-corrected chi connectivity index (χ0v) is 15.2. The number of carbonyl (C=O) groups excluding carboxylic acids is 1. The van der Waals surface area contributed by atoms with Crippen LogP contribution in [0.15, 0.2) is 50.8 Å². The first-order chi connectivity index (χ1) is 11.3. The summed E-state index contributed by atoms with van der Waals surface area (Å²) in [6.45, 7) is 3.60. The molecule has 0 aliphatic heterocycles. The van der Waals surface area contributed by atoms with E-state index in [1.807, 2.05) is 6.92 Å². The monoisotopic (exact) mass is 405 g/mol. The van der Waals surface area contributed by atoms with Gasteiger partial charge in [-0.2, -0.15) is 22.6 Å². The van der Waals surface area contributed by atoms with Crippen LogP contribution in [0.1, 0.15) is 11.3 Å². The van der Waals surface area contributed by atoms with Crippen LogP contribution in [0, 0.1) is 13.8 Å². The lowest BCUT2D eigenvalue weighted by Crippen LogP contribution is -2.14. The summed E-state index contributed by atoms with van der Waals surface area (Å²) in [5, 5.41) is 4.83. The normalized spacial score (nSPS) is 11.5. The molecule has 24 heavy (non-hydrogen) atoms. The van der Waals surface area contributed by atoms with Crippen molar-refractivity contribution in [3.05, 3.63) is 52.1 Å². The van der Waals surface area contributed by atoms with Gasteiger partial charge in [0.05, 0.1) is 21.8 Å². The molecule has 0 aliphatic rings. The van der Waals surface area contributed by atoms with Gasteiger partial charge < -0.3 is 0 Å². The highest BCUT2D eigenvalue weighted by Gasteiger charge is 2.22. The standard InChI is InChI=1S/C16H12BrN3O3S/c1-10-3-5-12(6-4-10)24(22,23)20-16-8-15(18-9-21)14(17)7-13(16)11(2)19-20/h3-8H,1-2H3. The second-order valence-electron chi connectivity index (χ2n) is 5.27. The van der Waals surface area contributed by atoms with E-state index in [-0.39, 0.29) is 10.6 Å². The summed E-state index contributed by atoms with van der Waals surface area (Å²) in [4.78, 5) is 14.3. The SMILES string of the molecule is Cc1ccc(S(=O)(=O)n2nc(C)c3cc(Br)c(N=C=O)cc32)cc1. The van der Waals surface area contributed by atoms with Crippen molar-refractivity contribution in [3.63, 3.8) is 0 Å². The summed E-state index contributed by atoms with van der Waals surface area (Å²) in [5.74, 6) is 0. The Hall–Kier alpha value is -2.28. The van der Waals surface area contributed by atoms with Gasteiger partial charge in [0.2, 0.25) is 6.08 Å². The van der Waals surface area contributed by atoms with Crippen LogP contribution in [0.4, 0.5) is 5.69 Å². The lowest BCUT2D eigenvalue weighted by molar-refractivity contribution is 0.565. The molecule has 0 saturated carbocycles. The molecule has 0 amide bonds. The summed E-state index contributed by atoms with van der Waals surface area (Å²) in [6.07, 6.45) is 1.46. The number of fused-ring (bicyclic) bond motifs is 1. The van der Waals surface area contributed by atoms with Gasteiger partial charge >= 0.3 is 0 Å². The molecular weight excluding hydrogens is 394 g/mol. The maximum Gasteiger partial charge on any atom is 0.283 e. The molecule has 0 unspecified atom stereocenters. The average Bonchev–Trinajstić information content (AvgIpc) is 2.86. The summed E-state index contributed by atoms with van der Waals surface area (Å²) in [5.41, 5.74) is 2.16. The fourth-order valence-corrected chi connectivity index (χ4v) is 4.12. The minimum atomic E-state index is -3.86. The van der Waals surface area contributed by atoms with Crippen molar-refractivity contribution in [2.75, 3.05) is 0 Å². The molecule has 2 aromatic carbocycles. The molecular formula is C16H12BrN3O3S. The molecule has 1 heterocycles. The molecule has 0 fully saturated rings. The molecule has 0 N–H and O–H groups in total. The number of halogens is 1. The molecule has 0 saturated heterocycles. The Morgan fingerprint density at radius 3 is 2.46 bits per heavy atom. The minimum Gasteiger partial charge on any atom is -0.211 e. The van der Waals surface area contributed by atoms with Crippen molar-refractivity contribution in [1.82, 2.24) is 9.19 Å². The van der Waals surface area contributed by atoms with E-state index in [9.17, 15) is 13.2 Å². The Balaban J connectivity index is 2.31. The first kappa shape index (κ1) is 16.6. The van der Waals surface area contributed by atoms with Crippen LogP contribution in [0.5, 0.6) is 0 Å². The van der Waals surface area contributed by atoms with Crippen molar-refractivity contribution >= 4 is 48.6 Å². The fraction of sp³-hybridized carbons (Fsp3) is 0.125. The first-order valence-corrected chi connectivity index (χ1v) is 9.17. The van der Waals surface area contributed by atoms with Gasteiger partial charge in [-0.05, 0) is 54.0 Å². The molecule has 3 aromatic rings. The zero-order valence-electron chi connectivity index (χ0n) is 12.8. The second-order valence-corrected chi connectivity index (χ2v) is 7.89. The molecule has 0 spiro atoms. The van der Waals surface area contributed by atoms with Gasteiger partial charge in [0, 0.05) is 9.86 Å². The van der Waals surface area contributed by atoms with E-state index in [0.717, 1.165) is 9.65 Å². The molecule has 1 aromatic heterocycles. The summed E-state index contributed by atoms with van der Waals surface area (Å²) in [6, 6.07) is 9.72. The molecule has 6 nitrogen and oxygen atoms in total. The predicted octanol–water partition coefficient (Wildman–Crippen LogP) is 3.62. The van der Waals surface area contributed by atoms with Gasteiger partial charge in [-0.15, -0.1) is 0 Å². The number of hydrogen-bond acceptors (Lipinski definition) is 5. The maximum absolute atomic E-state index is 12.9. The summed E-state index contributed by atoms with van der Waals surface area (Å²) < 4.78 is 27.3. The number of benzene rings is 2. The quantitative estimate of drug-likeness (QED) is 0.492. The third-order valence-corrected chi connectivity index (χ3v) is 5.85. The van der Waals surface area contributed by atoms with Crippen molar-refractivity contribution in [1.29, 1.82) is 0 Å².